The van der Waals surface area contributed by atoms with Gasteiger partial charge < -0.3 is 19.2 Å². The summed E-state index contributed by atoms with van der Waals surface area (Å²) in [4.78, 5) is 3.08. The maximum absolute atomic E-state index is 10.1. The van der Waals surface area contributed by atoms with E-state index in [4.69, 9.17) is 4.74 Å². The molecule has 0 saturated carbocycles. The molecule has 1 saturated heterocycles. The molecule has 0 amide bonds. The van der Waals surface area contributed by atoms with E-state index in [-0.39, 0.29) is 18.9 Å². The van der Waals surface area contributed by atoms with Crippen LogP contribution >= 0.6 is 12.0 Å². The molecule has 6 heteroatoms. The van der Waals surface area contributed by atoms with E-state index < -0.39 is 0 Å². The second-order valence-corrected chi connectivity index (χ2v) is 4.52. The van der Waals surface area contributed by atoms with Crippen molar-refractivity contribution in [3.8, 4) is 0 Å². The molecule has 0 aromatic heterocycles. The molecule has 1 aromatic carbocycles. The number of anilines is 1. The second-order valence-electron chi connectivity index (χ2n) is 3.74. The number of hydrogen-bond acceptors (Lipinski definition) is 5. The number of ether oxygens (including phenoxy) is 1. The average Bonchev–Trinajstić information content (AvgIpc) is 2.78. The van der Waals surface area contributed by atoms with Crippen LogP contribution in [0, 0.1) is 0 Å². The van der Waals surface area contributed by atoms with Gasteiger partial charge in [-0.1, -0.05) is 6.07 Å². The van der Waals surface area contributed by atoms with Crippen LogP contribution < -0.4 is 29.0 Å². The van der Waals surface area contributed by atoms with Gasteiger partial charge in [0, 0.05) is 42.8 Å². The first-order chi connectivity index (χ1) is 7.83. The molecule has 1 fully saturated rings. The van der Waals surface area contributed by atoms with Gasteiger partial charge in [-0.05, 0) is 24.6 Å². The molecule has 1 aliphatic heterocycles. The largest absolute Gasteiger partial charge is 1.00 e. The van der Waals surface area contributed by atoms with Crippen molar-refractivity contribution < 1.29 is 33.2 Å². The van der Waals surface area contributed by atoms with Crippen LogP contribution in [0.2, 0.25) is 0 Å². The SMILES string of the molecule is COC1CCN(c2cccc(SO[O-])c2)C1.[Li+]. The number of methoxy groups -OCH3 is 1. The Morgan fingerprint density at radius 3 is 2.94 bits per heavy atom. The van der Waals surface area contributed by atoms with E-state index in [0.29, 0.717) is 6.10 Å². The first-order valence-corrected chi connectivity index (χ1v) is 5.92. The smallest absolute Gasteiger partial charge is 0.710 e. The van der Waals surface area contributed by atoms with Crippen molar-refractivity contribution in [2.75, 3.05) is 25.1 Å². The summed E-state index contributed by atoms with van der Waals surface area (Å²) in [6, 6.07) is 7.78. The minimum Gasteiger partial charge on any atom is -0.710 e. The van der Waals surface area contributed by atoms with E-state index in [2.05, 4.69) is 9.23 Å². The van der Waals surface area contributed by atoms with Crippen molar-refractivity contribution >= 4 is 17.7 Å². The van der Waals surface area contributed by atoms with Gasteiger partial charge in [-0.15, -0.1) is 0 Å². The molecule has 0 bridgehead atoms. The first kappa shape index (κ1) is 14.9. The molecular weight excluding hydrogens is 233 g/mol. The normalized spacial score (nSPS) is 19.2. The minimum absolute atomic E-state index is 0. The van der Waals surface area contributed by atoms with Crippen LogP contribution in [0.25, 0.3) is 0 Å². The standard InChI is InChI=1S/C11H15NO3S.Li/c1-14-10-5-6-12(8-10)9-3-2-4-11(7-9)16-15-13;/h2-4,7,10,13H,5-6,8H2,1H3;/q;+1/p-1. The third-order valence-electron chi connectivity index (χ3n) is 2.79. The minimum atomic E-state index is 0. The summed E-state index contributed by atoms with van der Waals surface area (Å²) in [6.45, 7) is 1.90. The van der Waals surface area contributed by atoms with E-state index in [1.54, 1.807) is 7.11 Å². The Labute approximate surface area is 118 Å². The maximum Gasteiger partial charge on any atom is 1.00 e. The van der Waals surface area contributed by atoms with Gasteiger partial charge in [0.2, 0.25) is 0 Å². The van der Waals surface area contributed by atoms with Crippen LogP contribution in [0.15, 0.2) is 29.2 Å². The summed E-state index contributed by atoms with van der Waals surface area (Å²) in [6.07, 6.45) is 1.36. The summed E-state index contributed by atoms with van der Waals surface area (Å²) in [5.74, 6) is 0. The summed E-state index contributed by atoms with van der Waals surface area (Å²) in [5, 5.41) is 10.1. The van der Waals surface area contributed by atoms with Crippen LogP contribution in [0.3, 0.4) is 0 Å². The van der Waals surface area contributed by atoms with Crippen molar-refractivity contribution in [2.24, 2.45) is 0 Å². The van der Waals surface area contributed by atoms with Crippen molar-refractivity contribution in [1.29, 1.82) is 0 Å². The van der Waals surface area contributed by atoms with E-state index in [9.17, 15) is 5.26 Å². The zero-order chi connectivity index (χ0) is 11.4. The summed E-state index contributed by atoms with van der Waals surface area (Å²) >= 11 is 0.841. The fourth-order valence-electron chi connectivity index (χ4n) is 1.93. The van der Waals surface area contributed by atoms with Gasteiger partial charge in [0.25, 0.3) is 0 Å². The topological polar surface area (TPSA) is 44.8 Å². The van der Waals surface area contributed by atoms with E-state index >= 15 is 0 Å². The molecule has 0 aliphatic carbocycles. The Morgan fingerprint density at radius 1 is 1.47 bits per heavy atom. The van der Waals surface area contributed by atoms with Crippen LogP contribution in [0.1, 0.15) is 6.42 Å². The Morgan fingerprint density at radius 2 is 2.29 bits per heavy atom. The molecule has 1 aromatic rings. The number of nitrogens with zero attached hydrogens (tertiary/aromatic N) is 1. The monoisotopic (exact) mass is 247 g/mol. The molecule has 0 radical (unpaired) electrons. The second kappa shape index (κ2) is 7.32. The van der Waals surface area contributed by atoms with Crippen molar-refractivity contribution in [3.63, 3.8) is 0 Å². The molecule has 17 heavy (non-hydrogen) atoms. The third kappa shape index (κ3) is 3.92. The molecule has 4 nitrogen and oxygen atoms in total. The van der Waals surface area contributed by atoms with Gasteiger partial charge in [-0.3, -0.25) is 0 Å². The van der Waals surface area contributed by atoms with Gasteiger partial charge >= 0.3 is 18.9 Å². The summed E-state index contributed by atoms with van der Waals surface area (Å²) < 4.78 is 9.13. The summed E-state index contributed by atoms with van der Waals surface area (Å²) in [5.41, 5.74) is 1.11. The first-order valence-electron chi connectivity index (χ1n) is 5.18. The predicted molar refractivity (Wildman–Crippen MR) is 61.0 cm³/mol. The fraction of sp³-hybridized carbons (Fsp3) is 0.455. The summed E-state index contributed by atoms with van der Waals surface area (Å²) in [7, 11) is 1.74. The van der Waals surface area contributed by atoms with E-state index in [0.717, 1.165) is 42.1 Å². The quantitative estimate of drug-likeness (QED) is 0.272. The Kier molecular flexibility index (Phi) is 6.42. The average molecular weight is 247 g/mol. The number of hydrogen-bond donors (Lipinski definition) is 0. The fourth-order valence-corrected chi connectivity index (χ4v) is 2.31. The Hall–Kier alpha value is -0.153. The number of rotatable bonds is 4. The molecule has 88 valence electrons. The van der Waals surface area contributed by atoms with Crippen LogP contribution in [-0.2, 0) is 9.07 Å². The molecule has 2 rings (SSSR count). The van der Waals surface area contributed by atoms with E-state index in [1.165, 1.54) is 0 Å². The predicted octanol–water partition coefficient (Wildman–Crippen LogP) is -1.79. The molecule has 1 unspecified atom stereocenters. The molecule has 0 N–H and O–H groups in total. The van der Waals surface area contributed by atoms with Gasteiger partial charge in [-0.25, -0.2) is 0 Å². The van der Waals surface area contributed by atoms with Crippen molar-refractivity contribution in [3.05, 3.63) is 24.3 Å². The van der Waals surface area contributed by atoms with Crippen LogP contribution in [0.4, 0.5) is 5.69 Å². The molecule has 1 heterocycles. The zero-order valence-corrected chi connectivity index (χ0v) is 10.9. The van der Waals surface area contributed by atoms with Crippen LogP contribution in [0.5, 0.6) is 0 Å². The Balaban J connectivity index is 0.00000144. The molecule has 0 spiro atoms. The molecule has 1 atom stereocenters. The van der Waals surface area contributed by atoms with E-state index in [1.807, 2.05) is 24.3 Å². The zero-order valence-electron chi connectivity index (χ0n) is 10.1. The van der Waals surface area contributed by atoms with Gasteiger partial charge in [0.15, 0.2) is 0 Å². The third-order valence-corrected chi connectivity index (χ3v) is 3.31. The molecular formula is C11H14LiNO3S. The molecule has 1 aliphatic rings. The Bertz CT molecular complexity index is 353. The van der Waals surface area contributed by atoms with Gasteiger partial charge in [-0.2, -0.15) is 0 Å². The van der Waals surface area contributed by atoms with Crippen molar-refractivity contribution in [1.82, 2.24) is 0 Å². The maximum atomic E-state index is 10.1. The van der Waals surface area contributed by atoms with Gasteiger partial charge in [0.05, 0.1) is 6.10 Å². The van der Waals surface area contributed by atoms with Crippen LogP contribution in [-0.4, -0.2) is 26.3 Å². The number of benzene rings is 1. The van der Waals surface area contributed by atoms with Crippen molar-refractivity contribution in [2.45, 2.75) is 17.4 Å². The van der Waals surface area contributed by atoms with Gasteiger partial charge in [0.1, 0.15) is 0 Å².